The topological polar surface area (TPSA) is 91.7 Å². The van der Waals surface area contributed by atoms with Gasteiger partial charge < -0.3 is 20.3 Å². The van der Waals surface area contributed by atoms with Crippen molar-refractivity contribution in [3.8, 4) is 0 Å². The first-order valence-corrected chi connectivity index (χ1v) is 7.93. The van der Waals surface area contributed by atoms with Crippen LogP contribution in [0.3, 0.4) is 0 Å². The van der Waals surface area contributed by atoms with Gasteiger partial charge in [-0.15, -0.1) is 0 Å². The molecule has 3 N–H and O–H groups in total. The quantitative estimate of drug-likeness (QED) is 0.736. The number of ether oxygens (including phenoxy) is 1. The normalized spacial score (nSPS) is 14.2. The Morgan fingerprint density at radius 3 is 2.54 bits per heavy atom. The lowest BCUT2D eigenvalue weighted by Gasteiger charge is -2.22. The minimum atomic E-state index is -1.23. The molecule has 7 heteroatoms. The number of hydrogen-bond acceptors (Lipinski definition) is 5. The van der Waals surface area contributed by atoms with E-state index in [-0.39, 0.29) is 6.54 Å². The van der Waals surface area contributed by atoms with Crippen LogP contribution in [0.15, 0.2) is 30.5 Å². The summed E-state index contributed by atoms with van der Waals surface area (Å²) in [4.78, 5) is 15.7. The number of rotatable bonds is 4. The van der Waals surface area contributed by atoms with E-state index in [0.717, 1.165) is 0 Å². The van der Waals surface area contributed by atoms with E-state index in [2.05, 4.69) is 10.3 Å². The molecule has 0 aliphatic carbocycles. The van der Waals surface area contributed by atoms with Gasteiger partial charge in [0.15, 0.2) is 0 Å². The van der Waals surface area contributed by atoms with E-state index >= 15 is 0 Å². The highest BCUT2D eigenvalue weighted by atomic mass is 35.5. The van der Waals surface area contributed by atoms with Crippen LogP contribution in [-0.2, 0) is 4.74 Å². The van der Waals surface area contributed by atoms with E-state index in [0.29, 0.717) is 21.5 Å². The van der Waals surface area contributed by atoms with Crippen molar-refractivity contribution in [3.63, 3.8) is 0 Å². The van der Waals surface area contributed by atoms with Crippen molar-refractivity contribution in [3.05, 3.63) is 41.2 Å². The van der Waals surface area contributed by atoms with E-state index < -0.39 is 23.9 Å². The first kappa shape index (κ1) is 18.4. The molecule has 2 aromatic rings. The number of fused-ring (bicyclic) bond motifs is 1. The Hall–Kier alpha value is -1.89. The van der Waals surface area contributed by atoms with Crippen molar-refractivity contribution >= 4 is 28.5 Å². The number of aromatic nitrogens is 1. The Morgan fingerprint density at radius 1 is 1.29 bits per heavy atom. The Labute approximate surface area is 145 Å². The number of alkyl carbamates (subject to hydrolysis) is 1. The van der Waals surface area contributed by atoms with Gasteiger partial charge >= 0.3 is 6.09 Å². The minimum Gasteiger partial charge on any atom is -0.444 e. The van der Waals surface area contributed by atoms with Gasteiger partial charge in [-0.2, -0.15) is 0 Å². The Morgan fingerprint density at radius 2 is 1.92 bits per heavy atom. The van der Waals surface area contributed by atoms with Crippen LogP contribution in [-0.4, -0.2) is 39.5 Å². The lowest BCUT2D eigenvalue weighted by Crippen LogP contribution is -2.38. The molecule has 24 heavy (non-hydrogen) atoms. The van der Waals surface area contributed by atoms with Crippen molar-refractivity contribution < 1.29 is 19.7 Å². The molecule has 0 radical (unpaired) electrons. The second-order valence-electron chi connectivity index (χ2n) is 6.44. The van der Waals surface area contributed by atoms with Gasteiger partial charge in [0.2, 0.25) is 0 Å². The van der Waals surface area contributed by atoms with Crippen molar-refractivity contribution in [1.82, 2.24) is 10.3 Å². The van der Waals surface area contributed by atoms with Gasteiger partial charge in [0.25, 0.3) is 0 Å². The third-order valence-electron chi connectivity index (χ3n) is 3.31. The van der Waals surface area contributed by atoms with Gasteiger partial charge in [0.05, 0.1) is 0 Å². The maximum atomic E-state index is 11.6. The molecule has 1 aromatic heterocycles. The molecule has 6 nitrogen and oxygen atoms in total. The van der Waals surface area contributed by atoms with Gasteiger partial charge in [-0.25, -0.2) is 9.78 Å². The molecule has 2 unspecified atom stereocenters. The van der Waals surface area contributed by atoms with Crippen LogP contribution in [0, 0.1) is 0 Å². The molecule has 130 valence electrons. The van der Waals surface area contributed by atoms with Crippen molar-refractivity contribution in [2.75, 3.05) is 6.54 Å². The Bertz CT molecular complexity index is 730. The highest BCUT2D eigenvalue weighted by Crippen LogP contribution is 2.29. The number of amides is 1. The fourth-order valence-corrected chi connectivity index (χ4v) is 2.45. The van der Waals surface area contributed by atoms with E-state index in [1.807, 2.05) is 6.07 Å². The molecule has 0 fully saturated rings. The minimum absolute atomic E-state index is 0.160. The smallest absolute Gasteiger partial charge is 0.407 e. The van der Waals surface area contributed by atoms with E-state index in [4.69, 9.17) is 16.3 Å². The first-order chi connectivity index (χ1) is 11.2. The molecule has 1 aromatic carbocycles. The highest BCUT2D eigenvalue weighted by molar-refractivity contribution is 6.34. The third kappa shape index (κ3) is 4.56. The van der Waals surface area contributed by atoms with Crippen molar-refractivity contribution in [2.24, 2.45) is 0 Å². The molecule has 0 saturated carbocycles. The van der Waals surface area contributed by atoms with Crippen LogP contribution in [0.25, 0.3) is 10.8 Å². The second-order valence-corrected chi connectivity index (χ2v) is 6.80. The lowest BCUT2D eigenvalue weighted by atomic mass is 10.00. The zero-order valence-corrected chi connectivity index (χ0v) is 14.5. The molecule has 0 aliphatic rings. The van der Waals surface area contributed by atoms with E-state index in [1.54, 1.807) is 39.0 Å². The number of halogens is 1. The molecular weight excluding hydrogens is 332 g/mol. The van der Waals surface area contributed by atoms with Gasteiger partial charge in [0.1, 0.15) is 23.0 Å². The van der Waals surface area contributed by atoms with Crippen molar-refractivity contribution in [1.29, 1.82) is 0 Å². The zero-order valence-electron chi connectivity index (χ0n) is 13.8. The highest BCUT2D eigenvalue weighted by Gasteiger charge is 2.23. The number of pyridine rings is 1. The standard InChI is InChI=1S/C17H21ClN2O4/c1-17(2,3)24-16(23)20-9-13(21)14(22)12-8-19-15(18)11-7-5-4-6-10(11)12/h4-8,13-14,21-22H,9H2,1-3H3,(H,20,23). The number of aliphatic hydroxyl groups excluding tert-OH is 2. The summed E-state index contributed by atoms with van der Waals surface area (Å²) < 4.78 is 5.09. The molecule has 0 aliphatic heterocycles. The number of benzene rings is 1. The lowest BCUT2D eigenvalue weighted by molar-refractivity contribution is 0.0135. The third-order valence-corrected chi connectivity index (χ3v) is 3.62. The number of aliphatic hydroxyl groups is 2. The maximum absolute atomic E-state index is 11.6. The second kappa shape index (κ2) is 7.34. The number of nitrogens with one attached hydrogen (secondary N) is 1. The average molecular weight is 353 g/mol. The largest absolute Gasteiger partial charge is 0.444 e. The average Bonchev–Trinajstić information content (AvgIpc) is 2.51. The number of nitrogens with zero attached hydrogens (tertiary/aromatic N) is 1. The summed E-state index contributed by atoms with van der Waals surface area (Å²) in [7, 11) is 0. The van der Waals surface area contributed by atoms with Crippen LogP contribution < -0.4 is 5.32 Å². The summed E-state index contributed by atoms with van der Waals surface area (Å²) in [6, 6.07) is 7.19. The molecule has 2 rings (SSSR count). The summed E-state index contributed by atoms with van der Waals surface area (Å²) in [6.45, 7) is 5.06. The summed E-state index contributed by atoms with van der Waals surface area (Å²) in [5.74, 6) is 0. The molecule has 0 spiro atoms. The van der Waals surface area contributed by atoms with Gasteiger partial charge in [-0.1, -0.05) is 35.9 Å². The SMILES string of the molecule is CC(C)(C)OC(=O)NCC(O)C(O)c1cnc(Cl)c2ccccc12. The summed E-state index contributed by atoms with van der Waals surface area (Å²) >= 11 is 6.05. The van der Waals surface area contributed by atoms with E-state index in [9.17, 15) is 15.0 Å². The van der Waals surface area contributed by atoms with Crippen LogP contribution in [0.5, 0.6) is 0 Å². The Kier molecular flexibility index (Phi) is 5.64. The molecule has 1 amide bonds. The van der Waals surface area contributed by atoms with Crippen molar-refractivity contribution in [2.45, 2.75) is 38.6 Å². The van der Waals surface area contributed by atoms with Crippen LogP contribution in [0.1, 0.15) is 32.4 Å². The molecular formula is C17H21ClN2O4. The fraction of sp³-hybridized carbons (Fsp3) is 0.412. The molecule has 2 atom stereocenters. The number of hydrogen-bond donors (Lipinski definition) is 3. The summed E-state index contributed by atoms with van der Waals surface area (Å²) in [6.07, 6.45) is -1.68. The predicted molar refractivity (Wildman–Crippen MR) is 92.0 cm³/mol. The monoisotopic (exact) mass is 352 g/mol. The summed E-state index contributed by atoms with van der Waals surface area (Å²) in [5.41, 5.74) is -0.197. The predicted octanol–water partition coefficient (Wildman–Crippen LogP) is 2.81. The van der Waals surface area contributed by atoms with Crippen LogP contribution in [0.2, 0.25) is 5.15 Å². The molecule has 0 bridgehead atoms. The van der Waals surface area contributed by atoms with Crippen LogP contribution in [0.4, 0.5) is 4.79 Å². The van der Waals surface area contributed by atoms with Gasteiger partial charge in [-0.05, 0) is 26.2 Å². The van der Waals surface area contributed by atoms with Gasteiger partial charge in [-0.3, -0.25) is 0 Å². The maximum Gasteiger partial charge on any atom is 0.407 e. The van der Waals surface area contributed by atoms with E-state index in [1.165, 1.54) is 6.20 Å². The number of carbonyl (C=O) groups excluding carboxylic acids is 1. The first-order valence-electron chi connectivity index (χ1n) is 7.55. The fourth-order valence-electron chi connectivity index (χ4n) is 2.24. The Balaban J connectivity index is 2.10. The van der Waals surface area contributed by atoms with Crippen LogP contribution >= 0.6 is 11.6 Å². The zero-order chi connectivity index (χ0) is 17.9. The number of carbonyl (C=O) groups is 1. The molecule has 0 saturated heterocycles. The van der Waals surface area contributed by atoms with Gasteiger partial charge in [0, 0.05) is 23.7 Å². The summed E-state index contributed by atoms with van der Waals surface area (Å²) in [5, 5.41) is 24.7. The molecule has 1 heterocycles.